The van der Waals surface area contributed by atoms with Crippen molar-refractivity contribution < 1.29 is 9.18 Å². The molecule has 252 valence electrons. The van der Waals surface area contributed by atoms with Crippen LogP contribution < -0.4 is 16.2 Å². The summed E-state index contributed by atoms with van der Waals surface area (Å²) in [6.45, 7) is 13.9. The molecule has 0 radical (unpaired) electrons. The van der Waals surface area contributed by atoms with Crippen LogP contribution >= 0.6 is 46.4 Å². The molecule has 4 heterocycles. The van der Waals surface area contributed by atoms with Gasteiger partial charge in [-0.15, -0.1) is 0 Å². The molecule has 0 spiro atoms. The first-order valence-corrected chi connectivity index (χ1v) is 16.7. The number of nitriles is 1. The lowest BCUT2D eigenvalue weighted by molar-refractivity contribution is -0.130. The number of allylic oxidation sites excluding steroid dienone is 2. The first kappa shape index (κ1) is 35.6. The molecule has 1 saturated heterocycles. The normalized spacial score (nSPS) is 19.8. The van der Waals surface area contributed by atoms with Gasteiger partial charge < -0.3 is 20.4 Å². The molecule has 1 unspecified atom stereocenters. The Bertz CT molecular complexity index is 2010. The molecule has 3 aromatic rings. The summed E-state index contributed by atoms with van der Waals surface area (Å²) in [5.41, 5.74) is 6.57. The number of benzene rings is 1. The minimum Gasteiger partial charge on any atom is -0.396 e. The highest BCUT2D eigenvalue weighted by Gasteiger charge is 2.37. The third-order valence-electron chi connectivity index (χ3n) is 8.94. The van der Waals surface area contributed by atoms with Crippen LogP contribution in [-0.2, 0) is 4.79 Å². The van der Waals surface area contributed by atoms with E-state index in [0.717, 1.165) is 5.57 Å². The minimum atomic E-state index is -0.987. The molecule has 2 aliphatic heterocycles. The lowest BCUT2D eigenvalue weighted by Crippen LogP contribution is -2.58. The summed E-state index contributed by atoms with van der Waals surface area (Å²) in [4.78, 5) is 37.9. The molecule has 48 heavy (non-hydrogen) atoms. The quantitative estimate of drug-likeness (QED) is 0.125. The van der Waals surface area contributed by atoms with E-state index >= 15 is 4.39 Å². The van der Waals surface area contributed by atoms with Gasteiger partial charge in [0.25, 0.3) is 5.56 Å². The monoisotopic (exact) mass is 731 g/mol. The summed E-state index contributed by atoms with van der Waals surface area (Å²) in [7, 11) is 1.90. The average Bonchev–Trinajstić information content (AvgIpc) is 3.03. The molecule has 2 aliphatic rings. The van der Waals surface area contributed by atoms with E-state index in [1.807, 2.05) is 63.7 Å². The minimum absolute atomic E-state index is 0.0164. The van der Waals surface area contributed by atoms with Crippen molar-refractivity contribution in [3.8, 4) is 17.3 Å². The van der Waals surface area contributed by atoms with Gasteiger partial charge in [-0.25, -0.2) is 9.37 Å². The fourth-order valence-corrected chi connectivity index (χ4v) is 7.86. The smallest absolute Gasteiger partial charge is 0.276 e. The number of amides is 1. The third-order valence-corrected chi connectivity index (χ3v) is 10.5. The maximum atomic E-state index is 15.9. The number of rotatable bonds is 5. The van der Waals surface area contributed by atoms with Crippen LogP contribution in [0.3, 0.4) is 0 Å². The molecule has 14 heteroatoms. The number of nitrogens with zero attached hydrogens (tertiary/aromatic N) is 6. The number of nitrogens with two attached hydrogens (primary N) is 1. The van der Waals surface area contributed by atoms with Crippen LogP contribution in [0.15, 0.2) is 41.4 Å². The number of hydrogen-bond donors (Lipinski definition) is 1. The van der Waals surface area contributed by atoms with Crippen LogP contribution in [-0.4, -0.2) is 63.5 Å². The van der Waals surface area contributed by atoms with E-state index < -0.39 is 16.4 Å². The van der Waals surface area contributed by atoms with E-state index in [2.05, 4.69) is 12.6 Å². The summed E-state index contributed by atoms with van der Waals surface area (Å²) >= 11 is 25.8. The summed E-state index contributed by atoms with van der Waals surface area (Å²) in [6.07, 6.45) is 5.06. The summed E-state index contributed by atoms with van der Waals surface area (Å²) in [6, 6.07) is 2.79. The maximum absolute atomic E-state index is 15.9. The molecule has 0 aliphatic carbocycles. The Labute approximate surface area is 298 Å². The highest BCUT2D eigenvalue weighted by atomic mass is 35.5. The Morgan fingerprint density at radius 3 is 2.35 bits per heavy atom. The Kier molecular flexibility index (Phi) is 9.84. The highest BCUT2D eigenvalue weighted by molar-refractivity contribution is 6.47. The number of likely N-dealkylation sites (N-methyl/N-ethyl adjacent to an activating group) is 1. The van der Waals surface area contributed by atoms with Gasteiger partial charge in [0.2, 0.25) is 5.91 Å². The zero-order valence-corrected chi connectivity index (χ0v) is 30.2. The largest absolute Gasteiger partial charge is 0.396 e. The average molecular weight is 734 g/mol. The molecule has 1 fully saturated rings. The van der Waals surface area contributed by atoms with Crippen LogP contribution in [0, 0.1) is 23.1 Å². The third kappa shape index (κ3) is 5.61. The van der Waals surface area contributed by atoms with Crippen LogP contribution in [0.25, 0.3) is 28.0 Å². The van der Waals surface area contributed by atoms with Crippen molar-refractivity contribution in [2.24, 2.45) is 5.92 Å². The van der Waals surface area contributed by atoms with Crippen molar-refractivity contribution in [1.82, 2.24) is 19.4 Å². The molecular formula is C34H34Cl4FN7O2. The van der Waals surface area contributed by atoms with E-state index in [-0.39, 0.29) is 73.2 Å². The van der Waals surface area contributed by atoms with Gasteiger partial charge in [-0.2, -0.15) is 5.26 Å². The molecule has 1 amide bonds. The number of nitrogen functional groups attached to an aromatic ring is 1. The van der Waals surface area contributed by atoms with Gasteiger partial charge in [0.1, 0.15) is 17.3 Å². The number of aromatic nitrogens is 2. The lowest BCUT2D eigenvalue weighted by Gasteiger charge is -2.45. The van der Waals surface area contributed by atoms with Crippen LogP contribution in [0.2, 0.25) is 20.1 Å². The fourth-order valence-electron chi connectivity index (χ4n) is 6.93. The molecule has 0 saturated carbocycles. The van der Waals surface area contributed by atoms with Crippen molar-refractivity contribution in [2.45, 2.75) is 52.7 Å². The van der Waals surface area contributed by atoms with Gasteiger partial charge in [-0.05, 0) is 56.7 Å². The zero-order valence-electron chi connectivity index (χ0n) is 27.2. The number of halogens is 5. The number of carbonyl (C=O) groups excluding carboxylic acids is 1. The van der Waals surface area contributed by atoms with Crippen molar-refractivity contribution in [3.05, 3.63) is 78.4 Å². The standard InChI is InChI=1S/C34H34Cl4FN7O2/c1-8-22(47)45-17(5)13-44(14-18(45)6)32-19-11-21(35)29(23-24(36)28(41)26(38)25(37)27(23)39)42-33(19)46(34(48)20(32)12-40)31-16(4)9-10-43(7)30(31)15(2)3/h8-11,15,17-18,30H,1,13-14,41H2,2-7H3/t17-,18+,30?. The lowest BCUT2D eigenvalue weighted by atomic mass is 9.93. The number of carbonyl (C=O) groups is 1. The van der Waals surface area contributed by atoms with Crippen LogP contribution in [0.1, 0.15) is 40.2 Å². The molecule has 3 atom stereocenters. The second-order valence-corrected chi connectivity index (χ2v) is 14.0. The summed E-state index contributed by atoms with van der Waals surface area (Å²) < 4.78 is 17.3. The van der Waals surface area contributed by atoms with Gasteiger partial charge in [0.05, 0.1) is 54.5 Å². The summed E-state index contributed by atoms with van der Waals surface area (Å²) in [5.74, 6) is -1.19. The maximum Gasteiger partial charge on any atom is 0.276 e. The second-order valence-electron chi connectivity index (χ2n) is 12.5. The van der Waals surface area contributed by atoms with E-state index in [0.29, 0.717) is 29.9 Å². The van der Waals surface area contributed by atoms with Crippen molar-refractivity contribution in [1.29, 1.82) is 5.26 Å². The Morgan fingerprint density at radius 1 is 1.17 bits per heavy atom. The van der Waals surface area contributed by atoms with E-state index in [1.165, 1.54) is 10.6 Å². The van der Waals surface area contributed by atoms with Gasteiger partial charge >= 0.3 is 0 Å². The highest BCUT2D eigenvalue weighted by Crippen LogP contribution is 2.46. The van der Waals surface area contributed by atoms with Crippen molar-refractivity contribution >= 4 is 80.4 Å². The van der Waals surface area contributed by atoms with Gasteiger partial charge in [-0.3, -0.25) is 14.2 Å². The van der Waals surface area contributed by atoms with Crippen LogP contribution in [0.5, 0.6) is 0 Å². The summed E-state index contributed by atoms with van der Waals surface area (Å²) in [5, 5.41) is 9.97. The van der Waals surface area contributed by atoms with E-state index in [4.69, 9.17) is 57.1 Å². The Hall–Kier alpha value is -3.75. The second kappa shape index (κ2) is 13.3. The number of anilines is 2. The van der Waals surface area contributed by atoms with E-state index in [9.17, 15) is 14.9 Å². The van der Waals surface area contributed by atoms with E-state index in [1.54, 1.807) is 11.0 Å². The van der Waals surface area contributed by atoms with Crippen molar-refractivity contribution in [2.75, 3.05) is 30.8 Å². The molecule has 2 N–H and O–H groups in total. The Balaban J connectivity index is 1.94. The number of piperazine rings is 1. The van der Waals surface area contributed by atoms with Gasteiger partial charge in [0.15, 0.2) is 5.82 Å². The SMILES string of the molecule is C=CC(=O)N1[C@H](C)CN(c2c(C#N)c(=O)n(C3=C(C)C=CN(C)C3C(C)C)c3nc(-c4c(F)c(Cl)c(Cl)c(N)c4Cl)c(Cl)cc23)C[C@@H]1C. The van der Waals surface area contributed by atoms with Gasteiger partial charge in [-0.1, -0.05) is 66.8 Å². The fraction of sp³-hybridized carbons (Fsp3) is 0.353. The zero-order chi connectivity index (χ0) is 35.5. The first-order chi connectivity index (χ1) is 22.6. The Morgan fingerprint density at radius 2 is 1.79 bits per heavy atom. The topological polar surface area (TPSA) is 111 Å². The molecule has 1 aromatic carbocycles. The van der Waals surface area contributed by atoms with Gasteiger partial charge in [0, 0.05) is 37.6 Å². The number of pyridine rings is 2. The molecule has 9 nitrogen and oxygen atoms in total. The predicted octanol–water partition coefficient (Wildman–Crippen LogP) is 7.60. The predicted molar refractivity (Wildman–Crippen MR) is 193 cm³/mol. The molecule has 0 bridgehead atoms. The molecular weight excluding hydrogens is 699 g/mol. The van der Waals surface area contributed by atoms with Crippen molar-refractivity contribution in [3.63, 3.8) is 0 Å². The number of fused-ring (bicyclic) bond motifs is 1. The van der Waals surface area contributed by atoms with Crippen LogP contribution in [0.4, 0.5) is 15.8 Å². The number of hydrogen-bond acceptors (Lipinski definition) is 7. The molecule has 2 aromatic heterocycles. The first-order valence-electron chi connectivity index (χ1n) is 15.2. The molecule has 5 rings (SSSR count).